The SMILES string of the molecule is O=S(=O)(C1CC1)N1CCC[C@H](c2ncc3n2CCCC3)C1. The number of sulfonamides is 1. The molecule has 1 aliphatic carbocycles. The smallest absolute Gasteiger partial charge is 0.217 e. The van der Waals surface area contributed by atoms with Gasteiger partial charge in [0.05, 0.1) is 5.25 Å². The Labute approximate surface area is 126 Å². The highest BCUT2D eigenvalue weighted by atomic mass is 32.2. The third-order valence-corrected chi connectivity index (χ3v) is 7.45. The molecule has 3 heterocycles. The standard InChI is InChI=1S/C15H23N3O2S/c19-21(20,14-6-7-14)17-8-3-4-12(11-17)15-16-10-13-5-1-2-9-18(13)15/h10,12,14H,1-9,11H2/t12-/m0/s1. The summed E-state index contributed by atoms with van der Waals surface area (Å²) in [5.41, 5.74) is 1.33. The highest BCUT2D eigenvalue weighted by Crippen LogP contribution is 2.35. The predicted molar refractivity (Wildman–Crippen MR) is 80.7 cm³/mol. The quantitative estimate of drug-likeness (QED) is 0.857. The van der Waals surface area contributed by atoms with E-state index in [-0.39, 0.29) is 11.2 Å². The Morgan fingerprint density at radius 1 is 1.10 bits per heavy atom. The van der Waals surface area contributed by atoms with E-state index in [9.17, 15) is 8.42 Å². The molecule has 0 bridgehead atoms. The van der Waals surface area contributed by atoms with Gasteiger partial charge in [-0.3, -0.25) is 0 Å². The van der Waals surface area contributed by atoms with Gasteiger partial charge in [0, 0.05) is 37.4 Å². The highest BCUT2D eigenvalue weighted by molar-refractivity contribution is 7.90. The molecule has 2 fully saturated rings. The van der Waals surface area contributed by atoms with Gasteiger partial charge in [-0.15, -0.1) is 0 Å². The lowest BCUT2D eigenvalue weighted by Crippen LogP contribution is -2.41. The summed E-state index contributed by atoms with van der Waals surface area (Å²) in [6, 6.07) is 0. The molecule has 6 heteroatoms. The van der Waals surface area contributed by atoms with Gasteiger partial charge in [-0.1, -0.05) is 0 Å². The Morgan fingerprint density at radius 3 is 2.76 bits per heavy atom. The molecule has 3 aliphatic rings. The van der Waals surface area contributed by atoms with Crippen molar-refractivity contribution in [2.75, 3.05) is 13.1 Å². The van der Waals surface area contributed by atoms with Crippen LogP contribution >= 0.6 is 0 Å². The fourth-order valence-corrected chi connectivity index (χ4v) is 5.67. The van der Waals surface area contributed by atoms with E-state index in [4.69, 9.17) is 0 Å². The van der Waals surface area contributed by atoms with Crippen LogP contribution in [0, 0.1) is 0 Å². The zero-order valence-electron chi connectivity index (χ0n) is 12.4. The lowest BCUT2D eigenvalue weighted by Gasteiger charge is -2.32. The second-order valence-electron chi connectivity index (χ2n) is 6.66. The Hall–Kier alpha value is -0.880. The van der Waals surface area contributed by atoms with Gasteiger partial charge in [-0.25, -0.2) is 17.7 Å². The zero-order chi connectivity index (χ0) is 14.4. The van der Waals surface area contributed by atoms with E-state index in [0.29, 0.717) is 13.1 Å². The molecule has 0 amide bonds. The van der Waals surface area contributed by atoms with Crippen molar-refractivity contribution in [2.24, 2.45) is 0 Å². The van der Waals surface area contributed by atoms with E-state index >= 15 is 0 Å². The Bertz CT molecular complexity index is 633. The molecule has 5 nitrogen and oxygen atoms in total. The lowest BCUT2D eigenvalue weighted by molar-refractivity contribution is 0.302. The molecule has 0 N–H and O–H groups in total. The Morgan fingerprint density at radius 2 is 1.95 bits per heavy atom. The van der Waals surface area contributed by atoms with Crippen molar-refractivity contribution < 1.29 is 8.42 Å². The summed E-state index contributed by atoms with van der Waals surface area (Å²) in [5, 5.41) is -0.0922. The molecule has 1 atom stereocenters. The molecule has 116 valence electrons. The summed E-state index contributed by atoms with van der Waals surface area (Å²) < 4.78 is 29.0. The first-order chi connectivity index (χ1) is 10.2. The van der Waals surface area contributed by atoms with Crippen molar-refractivity contribution in [3.05, 3.63) is 17.7 Å². The zero-order valence-corrected chi connectivity index (χ0v) is 13.2. The maximum absolute atomic E-state index is 12.5. The van der Waals surface area contributed by atoms with Gasteiger partial charge < -0.3 is 4.57 Å². The minimum Gasteiger partial charge on any atom is -0.332 e. The summed E-state index contributed by atoms with van der Waals surface area (Å²) in [6.45, 7) is 2.38. The van der Waals surface area contributed by atoms with Crippen molar-refractivity contribution in [1.29, 1.82) is 0 Å². The fourth-order valence-electron chi connectivity index (χ4n) is 3.75. The van der Waals surface area contributed by atoms with Crippen LogP contribution in [0.4, 0.5) is 0 Å². The van der Waals surface area contributed by atoms with E-state index < -0.39 is 10.0 Å². The second kappa shape index (κ2) is 5.09. The number of nitrogens with zero attached hydrogens (tertiary/aromatic N) is 3. The molecular weight excluding hydrogens is 286 g/mol. The Balaban J connectivity index is 1.57. The van der Waals surface area contributed by atoms with Crippen molar-refractivity contribution in [3.8, 4) is 0 Å². The molecule has 0 radical (unpaired) electrons. The van der Waals surface area contributed by atoms with Crippen LogP contribution in [-0.2, 0) is 23.0 Å². The highest BCUT2D eigenvalue weighted by Gasteiger charge is 2.42. The molecule has 1 saturated carbocycles. The number of aromatic nitrogens is 2. The third-order valence-electron chi connectivity index (χ3n) is 5.09. The maximum Gasteiger partial charge on any atom is 0.217 e. The molecule has 2 aliphatic heterocycles. The summed E-state index contributed by atoms with van der Waals surface area (Å²) in [7, 11) is -3.04. The summed E-state index contributed by atoms with van der Waals surface area (Å²) in [5.74, 6) is 1.40. The third kappa shape index (κ3) is 2.42. The average Bonchev–Trinajstić information content (AvgIpc) is 3.28. The molecule has 0 spiro atoms. The molecule has 1 saturated heterocycles. The normalized spacial score (nSPS) is 27.5. The van der Waals surface area contributed by atoms with Gasteiger partial charge in [-0.2, -0.15) is 0 Å². The van der Waals surface area contributed by atoms with Crippen LogP contribution < -0.4 is 0 Å². The van der Waals surface area contributed by atoms with E-state index in [1.165, 1.54) is 18.5 Å². The van der Waals surface area contributed by atoms with Crippen LogP contribution in [-0.4, -0.2) is 40.6 Å². The van der Waals surface area contributed by atoms with E-state index in [1.54, 1.807) is 4.31 Å². The lowest BCUT2D eigenvalue weighted by atomic mass is 9.98. The molecular formula is C15H23N3O2S. The van der Waals surface area contributed by atoms with Gasteiger partial charge in [0.2, 0.25) is 10.0 Å². The summed E-state index contributed by atoms with van der Waals surface area (Å²) in [6.07, 6.45) is 9.30. The Kier molecular flexibility index (Phi) is 3.34. The number of rotatable bonds is 3. The largest absolute Gasteiger partial charge is 0.332 e. The molecule has 1 aromatic heterocycles. The molecule has 1 aromatic rings. The monoisotopic (exact) mass is 309 g/mol. The molecule has 0 aromatic carbocycles. The van der Waals surface area contributed by atoms with Crippen LogP contribution in [0.15, 0.2) is 6.20 Å². The number of hydrogen-bond donors (Lipinski definition) is 0. The van der Waals surface area contributed by atoms with Crippen LogP contribution in [0.25, 0.3) is 0 Å². The maximum atomic E-state index is 12.5. The summed E-state index contributed by atoms with van der Waals surface area (Å²) in [4.78, 5) is 4.64. The van der Waals surface area contributed by atoms with Crippen molar-refractivity contribution >= 4 is 10.0 Å². The van der Waals surface area contributed by atoms with Crippen LogP contribution in [0.3, 0.4) is 0 Å². The predicted octanol–water partition coefficient (Wildman–Crippen LogP) is 1.89. The first kappa shape index (κ1) is 13.8. The number of imidazole rings is 1. The van der Waals surface area contributed by atoms with E-state index in [1.807, 2.05) is 6.20 Å². The van der Waals surface area contributed by atoms with Crippen molar-refractivity contribution in [3.63, 3.8) is 0 Å². The minimum absolute atomic E-state index is 0.0922. The number of hydrogen-bond acceptors (Lipinski definition) is 3. The number of piperidine rings is 1. The molecule has 21 heavy (non-hydrogen) atoms. The fraction of sp³-hybridized carbons (Fsp3) is 0.800. The van der Waals surface area contributed by atoms with Gasteiger partial charge in [0.1, 0.15) is 5.82 Å². The number of fused-ring (bicyclic) bond motifs is 1. The van der Waals surface area contributed by atoms with Gasteiger partial charge >= 0.3 is 0 Å². The molecule has 4 rings (SSSR count). The van der Waals surface area contributed by atoms with E-state index in [2.05, 4.69) is 9.55 Å². The van der Waals surface area contributed by atoms with E-state index in [0.717, 1.165) is 44.5 Å². The first-order valence-electron chi connectivity index (χ1n) is 8.19. The average molecular weight is 309 g/mol. The topological polar surface area (TPSA) is 55.2 Å². The van der Waals surface area contributed by atoms with Gasteiger partial charge in [0.15, 0.2) is 0 Å². The summed E-state index contributed by atoms with van der Waals surface area (Å²) >= 11 is 0. The first-order valence-corrected chi connectivity index (χ1v) is 9.70. The van der Waals surface area contributed by atoms with Crippen molar-refractivity contribution in [1.82, 2.24) is 13.9 Å². The molecule has 0 unspecified atom stereocenters. The van der Waals surface area contributed by atoms with Crippen LogP contribution in [0.2, 0.25) is 0 Å². The van der Waals surface area contributed by atoms with Crippen LogP contribution in [0.5, 0.6) is 0 Å². The van der Waals surface area contributed by atoms with Crippen molar-refractivity contribution in [2.45, 2.75) is 62.7 Å². The van der Waals surface area contributed by atoms with Crippen LogP contribution in [0.1, 0.15) is 56.0 Å². The second-order valence-corrected chi connectivity index (χ2v) is 8.87. The van der Waals surface area contributed by atoms with Gasteiger partial charge in [0.25, 0.3) is 0 Å². The minimum atomic E-state index is -3.04. The van der Waals surface area contributed by atoms with Gasteiger partial charge in [-0.05, 0) is 44.9 Å². The number of aryl methyl sites for hydroxylation is 1.